The monoisotopic (exact) mass is 402 g/mol. The number of carbonyl (C=O) groups is 1. The Morgan fingerprint density at radius 1 is 1.03 bits per heavy atom. The van der Waals surface area contributed by atoms with Crippen LogP contribution in [0.25, 0.3) is 0 Å². The van der Waals surface area contributed by atoms with Crippen LogP contribution in [-0.4, -0.2) is 16.5 Å². The molecular weight excluding hydrogens is 356 g/mol. The maximum Gasteiger partial charge on any atom is 0.133 e. The van der Waals surface area contributed by atoms with E-state index in [2.05, 4.69) is 20.8 Å². The summed E-state index contributed by atoms with van der Waals surface area (Å²) in [5, 5.41) is 10.1. The zero-order valence-corrected chi connectivity index (χ0v) is 19.8. The van der Waals surface area contributed by atoms with E-state index in [1.807, 2.05) is 13.8 Å². The summed E-state index contributed by atoms with van der Waals surface area (Å²) in [7, 11) is 0. The summed E-state index contributed by atoms with van der Waals surface area (Å²) in [5.74, 6) is 5.56. The van der Waals surface area contributed by atoms with Crippen molar-refractivity contribution in [3.63, 3.8) is 0 Å². The zero-order valence-electron chi connectivity index (χ0n) is 19.8. The van der Waals surface area contributed by atoms with Crippen LogP contribution in [0.4, 0.5) is 0 Å². The predicted octanol–water partition coefficient (Wildman–Crippen LogP) is 6.79. The lowest BCUT2D eigenvalue weighted by molar-refractivity contribution is -0.140. The van der Waals surface area contributed by atoms with Crippen molar-refractivity contribution in [2.24, 2.45) is 46.3 Å². The van der Waals surface area contributed by atoms with E-state index in [9.17, 15) is 9.90 Å². The van der Waals surface area contributed by atoms with Gasteiger partial charge in [-0.05, 0) is 112 Å². The van der Waals surface area contributed by atoms with Gasteiger partial charge in [0.2, 0.25) is 0 Å². The minimum absolute atomic E-state index is 0.439. The molecule has 1 N–H and O–H groups in total. The first-order valence-electron chi connectivity index (χ1n) is 12.8. The first-order valence-corrected chi connectivity index (χ1v) is 12.8. The molecule has 29 heavy (non-hydrogen) atoms. The Balaban J connectivity index is 1.45. The minimum Gasteiger partial charge on any atom is -0.390 e. The summed E-state index contributed by atoms with van der Waals surface area (Å²) in [6.07, 6.45) is 14.6. The Morgan fingerprint density at radius 2 is 1.76 bits per heavy atom. The van der Waals surface area contributed by atoms with Crippen LogP contribution in [0, 0.1) is 46.3 Å². The second-order valence-electron chi connectivity index (χ2n) is 12.8. The van der Waals surface area contributed by atoms with Crippen molar-refractivity contribution in [3.05, 3.63) is 0 Å². The molecule has 166 valence electrons. The molecule has 0 aliphatic heterocycles. The average Bonchev–Trinajstić information content (AvgIpc) is 2.98. The highest BCUT2D eigenvalue weighted by molar-refractivity contribution is 5.79. The fourth-order valence-corrected chi connectivity index (χ4v) is 9.08. The van der Waals surface area contributed by atoms with Gasteiger partial charge in [0, 0.05) is 12.8 Å². The van der Waals surface area contributed by atoms with Crippen molar-refractivity contribution < 1.29 is 9.90 Å². The molecule has 0 spiro atoms. The normalized spacial score (nSPS) is 46.0. The van der Waals surface area contributed by atoms with Crippen LogP contribution in [-0.2, 0) is 4.79 Å². The Bertz CT molecular complexity index is 619. The number of aliphatic hydroxyl groups is 1. The molecule has 1 unspecified atom stereocenters. The van der Waals surface area contributed by atoms with E-state index in [-0.39, 0.29) is 0 Å². The molecule has 0 bridgehead atoms. The lowest BCUT2D eigenvalue weighted by Crippen LogP contribution is -2.53. The molecule has 4 aliphatic rings. The van der Waals surface area contributed by atoms with Gasteiger partial charge in [-0.1, -0.05) is 33.6 Å². The summed E-state index contributed by atoms with van der Waals surface area (Å²) in [6, 6.07) is 0. The SMILES string of the molecule is C[C@H](CCCC(C)(C)O)C1CC[C@H]2[C@@H]3CC[C@H]4CC(=O)CC[C@]4(C)[C@H]3CC[C@]12C. The van der Waals surface area contributed by atoms with Gasteiger partial charge in [-0.3, -0.25) is 4.79 Å². The largest absolute Gasteiger partial charge is 0.390 e. The standard InChI is InChI=1S/C27H46O2/c1-18(7-6-14-25(2,3)29)22-10-11-23-21-9-8-19-17-20(28)12-15-26(19,4)24(21)13-16-27(22,23)5/h18-19,21-24,29H,6-17H2,1-5H3/t18-,19+,21+,22?,23+,24+,26+,27-/m1/s1. The molecule has 0 aromatic heterocycles. The van der Waals surface area contributed by atoms with Crippen LogP contribution in [0.3, 0.4) is 0 Å². The van der Waals surface area contributed by atoms with Gasteiger partial charge in [0.15, 0.2) is 0 Å². The highest BCUT2D eigenvalue weighted by Gasteiger charge is 2.60. The smallest absolute Gasteiger partial charge is 0.133 e. The molecule has 4 aliphatic carbocycles. The third-order valence-electron chi connectivity index (χ3n) is 10.7. The quantitative estimate of drug-likeness (QED) is 0.549. The molecule has 4 fully saturated rings. The van der Waals surface area contributed by atoms with Crippen LogP contribution < -0.4 is 0 Å². The van der Waals surface area contributed by atoms with Crippen LogP contribution in [0.2, 0.25) is 0 Å². The fraction of sp³-hybridized carbons (Fsp3) is 0.963. The Kier molecular flexibility index (Phi) is 5.76. The van der Waals surface area contributed by atoms with Crippen molar-refractivity contribution in [2.45, 2.75) is 117 Å². The maximum atomic E-state index is 12.1. The summed E-state index contributed by atoms with van der Waals surface area (Å²) >= 11 is 0. The van der Waals surface area contributed by atoms with E-state index < -0.39 is 5.60 Å². The number of carbonyl (C=O) groups excluding carboxylic acids is 1. The lowest BCUT2D eigenvalue weighted by atomic mass is 9.44. The molecule has 0 amide bonds. The van der Waals surface area contributed by atoms with E-state index >= 15 is 0 Å². The minimum atomic E-state index is -0.518. The van der Waals surface area contributed by atoms with Crippen LogP contribution in [0.1, 0.15) is 112 Å². The second-order valence-corrected chi connectivity index (χ2v) is 12.8. The number of Topliss-reactive ketones (excluding diaryl/α,β-unsaturated/α-hetero) is 1. The van der Waals surface area contributed by atoms with E-state index in [4.69, 9.17) is 0 Å². The van der Waals surface area contributed by atoms with Crippen molar-refractivity contribution in [1.82, 2.24) is 0 Å². The van der Waals surface area contributed by atoms with Gasteiger partial charge < -0.3 is 5.11 Å². The second kappa shape index (κ2) is 7.64. The first kappa shape index (κ1) is 21.8. The average molecular weight is 403 g/mol. The van der Waals surface area contributed by atoms with Crippen molar-refractivity contribution in [3.8, 4) is 0 Å². The van der Waals surface area contributed by atoms with Gasteiger partial charge in [0.1, 0.15) is 5.78 Å². The summed E-state index contributed by atoms with van der Waals surface area (Å²) < 4.78 is 0. The molecule has 0 aromatic carbocycles. The molecule has 0 aromatic rings. The number of fused-ring (bicyclic) bond motifs is 5. The van der Waals surface area contributed by atoms with E-state index in [1.165, 1.54) is 44.9 Å². The number of hydrogen-bond acceptors (Lipinski definition) is 2. The number of rotatable bonds is 5. The summed E-state index contributed by atoms with van der Waals surface area (Å²) in [4.78, 5) is 12.1. The molecule has 0 saturated heterocycles. The van der Waals surface area contributed by atoms with Crippen LogP contribution in [0.5, 0.6) is 0 Å². The number of ketones is 1. The molecular formula is C27H46O2. The predicted molar refractivity (Wildman–Crippen MR) is 120 cm³/mol. The van der Waals surface area contributed by atoms with Crippen molar-refractivity contribution in [2.75, 3.05) is 0 Å². The Labute approximate surface area is 179 Å². The molecule has 4 rings (SSSR count). The van der Waals surface area contributed by atoms with Crippen LogP contribution in [0.15, 0.2) is 0 Å². The Hall–Kier alpha value is -0.370. The molecule has 8 atom stereocenters. The Morgan fingerprint density at radius 3 is 2.48 bits per heavy atom. The van der Waals surface area contributed by atoms with Crippen molar-refractivity contribution in [1.29, 1.82) is 0 Å². The summed E-state index contributed by atoms with van der Waals surface area (Å²) in [5.41, 5.74) is 0.451. The van der Waals surface area contributed by atoms with Gasteiger partial charge in [0.05, 0.1) is 5.60 Å². The number of hydrogen-bond donors (Lipinski definition) is 1. The lowest BCUT2D eigenvalue weighted by Gasteiger charge is -2.60. The zero-order chi connectivity index (χ0) is 21.0. The third-order valence-corrected chi connectivity index (χ3v) is 10.7. The van der Waals surface area contributed by atoms with Gasteiger partial charge in [-0.2, -0.15) is 0 Å². The molecule has 2 nitrogen and oxygen atoms in total. The molecule has 0 heterocycles. The highest BCUT2D eigenvalue weighted by Crippen LogP contribution is 2.68. The van der Waals surface area contributed by atoms with Gasteiger partial charge in [-0.25, -0.2) is 0 Å². The first-order chi connectivity index (χ1) is 13.5. The molecule has 0 radical (unpaired) electrons. The van der Waals surface area contributed by atoms with Gasteiger partial charge >= 0.3 is 0 Å². The van der Waals surface area contributed by atoms with Crippen molar-refractivity contribution >= 4 is 5.78 Å². The fourth-order valence-electron chi connectivity index (χ4n) is 9.08. The molecule has 4 saturated carbocycles. The van der Waals surface area contributed by atoms with Crippen LogP contribution >= 0.6 is 0 Å². The van der Waals surface area contributed by atoms with E-state index in [0.717, 1.165) is 61.7 Å². The molecule has 2 heteroatoms. The highest BCUT2D eigenvalue weighted by atomic mass is 16.3. The van der Waals surface area contributed by atoms with Gasteiger partial charge in [-0.15, -0.1) is 0 Å². The van der Waals surface area contributed by atoms with E-state index in [1.54, 1.807) is 0 Å². The summed E-state index contributed by atoms with van der Waals surface area (Å²) in [6.45, 7) is 11.6. The van der Waals surface area contributed by atoms with Gasteiger partial charge in [0.25, 0.3) is 0 Å². The van der Waals surface area contributed by atoms with E-state index in [0.29, 0.717) is 22.5 Å². The third kappa shape index (κ3) is 3.85. The maximum absolute atomic E-state index is 12.1. The topological polar surface area (TPSA) is 37.3 Å².